The maximum Gasteiger partial charge on any atom is 0.229 e. The lowest BCUT2D eigenvalue weighted by atomic mass is 10.3. The van der Waals surface area contributed by atoms with Crippen molar-refractivity contribution in [3.63, 3.8) is 0 Å². The lowest BCUT2D eigenvalue weighted by Gasteiger charge is -2.08. The van der Waals surface area contributed by atoms with E-state index < -0.39 is 7.37 Å². The van der Waals surface area contributed by atoms with Crippen LogP contribution in [0.15, 0.2) is 24.3 Å². The normalized spacial score (nSPS) is 15.5. The maximum absolute atomic E-state index is 11.4. The van der Waals surface area contributed by atoms with Crippen molar-refractivity contribution in [1.29, 1.82) is 0 Å². The fourth-order valence-electron chi connectivity index (χ4n) is 0.925. The van der Waals surface area contributed by atoms with Crippen LogP contribution in [0.5, 0.6) is 0 Å². The Balaban J connectivity index is 3.12. The molecular weight excluding hydrogens is 173 g/mol. The van der Waals surface area contributed by atoms with E-state index in [1.54, 1.807) is 31.2 Å². The SMILES string of the molecule is CCP(=O)(O)c1cccc(N)c1. The van der Waals surface area contributed by atoms with Crippen molar-refractivity contribution in [2.45, 2.75) is 6.92 Å². The zero-order valence-electron chi connectivity index (χ0n) is 6.90. The second-order valence-corrected chi connectivity index (χ2v) is 5.16. The molecule has 3 N–H and O–H groups in total. The molecule has 1 unspecified atom stereocenters. The Morgan fingerprint density at radius 3 is 2.75 bits per heavy atom. The summed E-state index contributed by atoms with van der Waals surface area (Å²) < 4.78 is 11.4. The number of nitrogen functional groups attached to an aromatic ring is 1. The van der Waals surface area contributed by atoms with Gasteiger partial charge in [-0.3, -0.25) is 4.57 Å². The summed E-state index contributed by atoms with van der Waals surface area (Å²) in [5.41, 5.74) is 6.00. The number of nitrogens with two attached hydrogens (primary N) is 1. The molecular formula is C8H12NO2P. The van der Waals surface area contributed by atoms with Crippen LogP contribution in [0.2, 0.25) is 0 Å². The Kier molecular flexibility index (Phi) is 2.55. The van der Waals surface area contributed by atoms with Crippen molar-refractivity contribution in [2.24, 2.45) is 0 Å². The van der Waals surface area contributed by atoms with Gasteiger partial charge in [-0.2, -0.15) is 0 Å². The van der Waals surface area contributed by atoms with Crippen LogP contribution in [0.25, 0.3) is 0 Å². The maximum atomic E-state index is 11.4. The molecule has 0 bridgehead atoms. The fourth-order valence-corrected chi connectivity index (χ4v) is 1.96. The van der Waals surface area contributed by atoms with Crippen molar-refractivity contribution in [3.05, 3.63) is 24.3 Å². The topological polar surface area (TPSA) is 63.3 Å². The van der Waals surface area contributed by atoms with E-state index in [1.807, 2.05) is 0 Å². The van der Waals surface area contributed by atoms with Gasteiger partial charge in [0.2, 0.25) is 7.37 Å². The minimum Gasteiger partial charge on any atom is -0.399 e. The molecule has 1 rings (SSSR count). The summed E-state index contributed by atoms with van der Waals surface area (Å²) in [6.07, 6.45) is 0.246. The lowest BCUT2D eigenvalue weighted by Crippen LogP contribution is -2.06. The van der Waals surface area contributed by atoms with Crippen LogP contribution < -0.4 is 11.0 Å². The van der Waals surface area contributed by atoms with Crippen LogP contribution >= 0.6 is 7.37 Å². The molecule has 0 radical (unpaired) electrons. The van der Waals surface area contributed by atoms with Gasteiger partial charge in [0.05, 0.1) is 0 Å². The van der Waals surface area contributed by atoms with Crippen molar-refractivity contribution in [1.82, 2.24) is 0 Å². The van der Waals surface area contributed by atoms with Crippen molar-refractivity contribution < 1.29 is 9.46 Å². The number of rotatable bonds is 2. The third-order valence-corrected chi connectivity index (χ3v) is 3.64. The Bertz CT molecular complexity index is 325. The Hall–Kier alpha value is -0.790. The zero-order valence-corrected chi connectivity index (χ0v) is 7.79. The van der Waals surface area contributed by atoms with E-state index in [9.17, 15) is 9.46 Å². The van der Waals surface area contributed by atoms with Crippen LogP contribution in [-0.2, 0) is 4.57 Å². The van der Waals surface area contributed by atoms with E-state index in [0.717, 1.165) is 0 Å². The molecule has 3 nitrogen and oxygen atoms in total. The largest absolute Gasteiger partial charge is 0.399 e. The molecule has 1 atom stereocenters. The minimum atomic E-state index is -3.13. The number of hydrogen-bond acceptors (Lipinski definition) is 2. The molecule has 66 valence electrons. The van der Waals surface area contributed by atoms with E-state index in [4.69, 9.17) is 5.73 Å². The first kappa shape index (κ1) is 9.30. The summed E-state index contributed by atoms with van der Waals surface area (Å²) >= 11 is 0. The van der Waals surface area contributed by atoms with Crippen molar-refractivity contribution >= 4 is 18.4 Å². The quantitative estimate of drug-likeness (QED) is 0.537. The molecule has 0 saturated heterocycles. The van der Waals surface area contributed by atoms with Gasteiger partial charge in [0.25, 0.3) is 0 Å². The highest BCUT2D eigenvalue weighted by atomic mass is 31.2. The van der Waals surface area contributed by atoms with Crippen molar-refractivity contribution in [3.8, 4) is 0 Å². The molecule has 0 spiro atoms. The van der Waals surface area contributed by atoms with Crippen LogP contribution in [0.3, 0.4) is 0 Å². The number of benzene rings is 1. The van der Waals surface area contributed by atoms with E-state index >= 15 is 0 Å². The molecule has 0 fully saturated rings. The first-order valence-electron chi connectivity index (χ1n) is 3.74. The molecule has 0 amide bonds. The summed E-state index contributed by atoms with van der Waals surface area (Å²) in [5.74, 6) is 0. The summed E-state index contributed by atoms with van der Waals surface area (Å²) in [5, 5.41) is 0.435. The molecule has 1 aromatic rings. The second kappa shape index (κ2) is 3.30. The average Bonchev–Trinajstić information content (AvgIpc) is 2.05. The van der Waals surface area contributed by atoms with Gasteiger partial charge in [-0.25, -0.2) is 0 Å². The van der Waals surface area contributed by atoms with Crippen molar-refractivity contribution in [2.75, 3.05) is 11.9 Å². The van der Waals surface area contributed by atoms with Gasteiger partial charge in [0.1, 0.15) is 0 Å². The Morgan fingerprint density at radius 1 is 1.58 bits per heavy atom. The highest BCUT2D eigenvalue weighted by Gasteiger charge is 2.17. The molecule has 0 aliphatic carbocycles. The highest BCUT2D eigenvalue weighted by Crippen LogP contribution is 2.38. The van der Waals surface area contributed by atoms with E-state index in [2.05, 4.69) is 0 Å². The van der Waals surface area contributed by atoms with E-state index in [0.29, 0.717) is 11.0 Å². The molecule has 0 aliphatic rings. The van der Waals surface area contributed by atoms with E-state index in [1.165, 1.54) is 0 Å². The summed E-state index contributed by atoms with van der Waals surface area (Å²) in [4.78, 5) is 9.42. The first-order valence-corrected chi connectivity index (χ1v) is 5.58. The fraction of sp³-hybridized carbons (Fsp3) is 0.250. The third-order valence-electron chi connectivity index (χ3n) is 1.70. The molecule has 0 heterocycles. The summed E-state index contributed by atoms with van der Waals surface area (Å²) in [6, 6.07) is 6.55. The highest BCUT2D eigenvalue weighted by molar-refractivity contribution is 7.66. The average molecular weight is 185 g/mol. The smallest absolute Gasteiger partial charge is 0.229 e. The zero-order chi connectivity index (χ0) is 9.19. The van der Waals surface area contributed by atoms with Crippen LogP contribution in [-0.4, -0.2) is 11.1 Å². The van der Waals surface area contributed by atoms with Gasteiger partial charge in [-0.05, 0) is 18.2 Å². The molecule has 0 saturated carbocycles. The Labute approximate surface area is 71.7 Å². The Morgan fingerprint density at radius 2 is 2.25 bits per heavy atom. The lowest BCUT2D eigenvalue weighted by molar-refractivity contribution is 0.491. The predicted octanol–water partition coefficient (Wildman–Crippen LogP) is 1.18. The molecule has 0 aromatic heterocycles. The summed E-state index contributed by atoms with van der Waals surface area (Å²) in [6.45, 7) is 1.68. The van der Waals surface area contributed by atoms with Gasteiger partial charge >= 0.3 is 0 Å². The standard InChI is InChI=1S/C8H12NO2P/c1-2-12(10,11)8-5-3-4-7(9)6-8/h3-6H,2,9H2,1H3,(H,10,11). The molecule has 1 aromatic carbocycles. The number of anilines is 1. The molecule has 4 heteroatoms. The second-order valence-electron chi connectivity index (χ2n) is 2.61. The van der Waals surface area contributed by atoms with Gasteiger partial charge in [-0.1, -0.05) is 13.0 Å². The number of hydrogen-bond donors (Lipinski definition) is 2. The van der Waals surface area contributed by atoms with Gasteiger partial charge < -0.3 is 10.6 Å². The minimum absolute atomic E-state index is 0.246. The predicted molar refractivity (Wildman–Crippen MR) is 50.9 cm³/mol. The van der Waals surface area contributed by atoms with Crippen LogP contribution in [0.4, 0.5) is 5.69 Å². The van der Waals surface area contributed by atoms with Gasteiger partial charge in [-0.15, -0.1) is 0 Å². The van der Waals surface area contributed by atoms with Gasteiger partial charge in [0.15, 0.2) is 0 Å². The van der Waals surface area contributed by atoms with Gasteiger partial charge in [0, 0.05) is 17.2 Å². The molecule has 0 aliphatic heterocycles. The summed E-state index contributed by atoms with van der Waals surface area (Å²) in [7, 11) is -3.13. The third kappa shape index (κ3) is 1.87. The van der Waals surface area contributed by atoms with E-state index in [-0.39, 0.29) is 6.16 Å². The first-order chi connectivity index (χ1) is 5.56. The molecule has 12 heavy (non-hydrogen) atoms. The van der Waals surface area contributed by atoms with Crippen LogP contribution in [0, 0.1) is 0 Å². The van der Waals surface area contributed by atoms with Crippen LogP contribution in [0.1, 0.15) is 6.92 Å². The monoisotopic (exact) mass is 185 g/mol.